The number of aromatic nitrogens is 2. The molecule has 1 aromatic rings. The third kappa shape index (κ3) is 7.64. The molecule has 2 N–H and O–H groups in total. The van der Waals surface area contributed by atoms with Crippen LogP contribution in [0.5, 0.6) is 11.8 Å². The van der Waals surface area contributed by atoms with Crippen LogP contribution < -0.4 is 20.1 Å². The Morgan fingerprint density at radius 3 is 1.81 bits per heavy atom. The maximum Gasteiger partial charge on any atom is 0.221 e. The Labute approximate surface area is 172 Å². The Kier molecular flexibility index (Phi) is 11.6. The van der Waals surface area contributed by atoms with Crippen molar-refractivity contribution >= 4 is 36.6 Å². The minimum atomic E-state index is 0. The van der Waals surface area contributed by atoms with Crippen LogP contribution in [0.15, 0.2) is 11.2 Å². The zero-order valence-electron chi connectivity index (χ0n) is 15.2. The molecule has 26 heavy (non-hydrogen) atoms. The van der Waals surface area contributed by atoms with E-state index in [9.17, 15) is 0 Å². The molecule has 2 aliphatic heterocycles. The maximum absolute atomic E-state index is 5.90. The van der Waals surface area contributed by atoms with Crippen molar-refractivity contribution in [2.45, 2.75) is 55.8 Å². The van der Waals surface area contributed by atoms with E-state index in [0.717, 1.165) is 25.9 Å². The summed E-state index contributed by atoms with van der Waals surface area (Å²) < 4.78 is 11.8. The van der Waals surface area contributed by atoms with Gasteiger partial charge in [0.05, 0.1) is 6.07 Å². The summed E-state index contributed by atoms with van der Waals surface area (Å²) in [5, 5.41) is 7.67. The van der Waals surface area contributed by atoms with Crippen LogP contribution in [-0.4, -0.2) is 54.6 Å². The lowest BCUT2D eigenvalue weighted by Crippen LogP contribution is -2.38. The van der Waals surface area contributed by atoms with Gasteiger partial charge in [-0.3, -0.25) is 0 Å². The summed E-state index contributed by atoms with van der Waals surface area (Å²) >= 11 is 1.51. The molecule has 0 saturated carbocycles. The van der Waals surface area contributed by atoms with Crippen LogP contribution in [-0.2, 0) is 0 Å². The number of nitrogens with one attached hydrogen (secondary N) is 2. The molecule has 2 unspecified atom stereocenters. The molecule has 1 aromatic heterocycles. The van der Waals surface area contributed by atoms with Gasteiger partial charge in [0.15, 0.2) is 5.16 Å². The Balaban J connectivity index is 0.00000169. The maximum atomic E-state index is 5.90. The highest BCUT2D eigenvalue weighted by molar-refractivity contribution is 7.98. The molecular formula is C17H30Cl2N4O2S. The summed E-state index contributed by atoms with van der Waals surface area (Å²) in [5.41, 5.74) is 0. The van der Waals surface area contributed by atoms with Gasteiger partial charge in [-0.15, -0.1) is 24.8 Å². The molecule has 2 saturated heterocycles. The number of ether oxygens (including phenoxy) is 2. The lowest BCUT2D eigenvalue weighted by molar-refractivity contribution is 0.217. The normalized spacial score (nSPS) is 22.7. The van der Waals surface area contributed by atoms with Crippen LogP contribution in [0.1, 0.15) is 38.5 Å². The van der Waals surface area contributed by atoms with Crippen molar-refractivity contribution in [2.75, 3.05) is 32.6 Å². The van der Waals surface area contributed by atoms with Crippen LogP contribution in [0.25, 0.3) is 0 Å². The van der Waals surface area contributed by atoms with Gasteiger partial charge in [-0.2, -0.15) is 9.97 Å². The van der Waals surface area contributed by atoms with Crippen LogP contribution in [0, 0.1) is 0 Å². The number of hydrogen-bond acceptors (Lipinski definition) is 7. The largest absolute Gasteiger partial charge is 0.476 e. The van der Waals surface area contributed by atoms with Crippen LogP contribution >= 0.6 is 36.6 Å². The van der Waals surface area contributed by atoms with Gasteiger partial charge in [-0.1, -0.05) is 24.6 Å². The minimum Gasteiger partial charge on any atom is -0.476 e. The van der Waals surface area contributed by atoms with Crippen LogP contribution in [0.3, 0.4) is 0 Å². The average molecular weight is 425 g/mol. The van der Waals surface area contributed by atoms with E-state index in [-0.39, 0.29) is 24.8 Å². The number of piperidine rings is 2. The van der Waals surface area contributed by atoms with E-state index in [4.69, 9.17) is 9.47 Å². The molecule has 0 bridgehead atoms. The van der Waals surface area contributed by atoms with Crippen LogP contribution in [0.2, 0.25) is 0 Å². The SMILES string of the molecule is CSc1nc(OCC2CCCCN2)cc(OCC2CCCCN2)n1.Cl.Cl. The van der Waals surface area contributed by atoms with Crippen molar-refractivity contribution in [1.29, 1.82) is 0 Å². The number of rotatable bonds is 7. The fraction of sp³-hybridized carbons (Fsp3) is 0.765. The van der Waals surface area contributed by atoms with E-state index in [0.29, 0.717) is 42.2 Å². The van der Waals surface area contributed by atoms with Gasteiger partial charge in [0.25, 0.3) is 0 Å². The minimum absolute atomic E-state index is 0. The van der Waals surface area contributed by atoms with Gasteiger partial charge in [0.1, 0.15) is 13.2 Å². The molecular weight excluding hydrogens is 395 g/mol. The number of hydrogen-bond donors (Lipinski definition) is 2. The Hall–Kier alpha value is -0.470. The summed E-state index contributed by atoms with van der Waals surface area (Å²) in [5.74, 6) is 1.21. The number of thioether (sulfide) groups is 1. The fourth-order valence-electron chi connectivity index (χ4n) is 3.13. The van der Waals surface area contributed by atoms with Gasteiger partial charge < -0.3 is 20.1 Å². The van der Waals surface area contributed by atoms with Crippen molar-refractivity contribution in [1.82, 2.24) is 20.6 Å². The molecule has 3 rings (SSSR count). The first kappa shape index (κ1) is 23.6. The molecule has 2 atom stereocenters. The van der Waals surface area contributed by atoms with Crippen molar-refractivity contribution < 1.29 is 9.47 Å². The molecule has 2 aliphatic rings. The van der Waals surface area contributed by atoms with Crippen molar-refractivity contribution in [3.63, 3.8) is 0 Å². The summed E-state index contributed by atoms with van der Waals surface area (Å²) in [7, 11) is 0. The predicted molar refractivity (Wildman–Crippen MR) is 111 cm³/mol. The van der Waals surface area contributed by atoms with Gasteiger partial charge in [-0.05, 0) is 45.0 Å². The van der Waals surface area contributed by atoms with E-state index in [1.54, 1.807) is 0 Å². The van der Waals surface area contributed by atoms with Gasteiger partial charge in [0, 0.05) is 12.1 Å². The topological polar surface area (TPSA) is 68.3 Å². The summed E-state index contributed by atoms with van der Waals surface area (Å²) in [4.78, 5) is 8.87. The zero-order chi connectivity index (χ0) is 16.6. The van der Waals surface area contributed by atoms with Crippen molar-refractivity contribution in [3.05, 3.63) is 6.07 Å². The monoisotopic (exact) mass is 424 g/mol. The Bertz CT molecular complexity index is 475. The highest BCUT2D eigenvalue weighted by Crippen LogP contribution is 2.21. The van der Waals surface area contributed by atoms with E-state index in [1.807, 2.05) is 12.3 Å². The number of halogens is 2. The fourth-order valence-corrected chi connectivity index (χ4v) is 3.49. The lowest BCUT2D eigenvalue weighted by atomic mass is 10.1. The molecule has 0 radical (unpaired) electrons. The second kappa shape index (κ2) is 12.8. The molecule has 9 heteroatoms. The molecule has 0 amide bonds. The van der Waals surface area contributed by atoms with Gasteiger partial charge in [-0.25, -0.2) is 0 Å². The Morgan fingerprint density at radius 2 is 1.42 bits per heavy atom. The van der Waals surface area contributed by atoms with Gasteiger partial charge in [0.2, 0.25) is 11.8 Å². The van der Waals surface area contributed by atoms with Gasteiger partial charge >= 0.3 is 0 Å². The highest BCUT2D eigenvalue weighted by atomic mass is 35.5. The smallest absolute Gasteiger partial charge is 0.221 e. The molecule has 6 nitrogen and oxygen atoms in total. The van der Waals surface area contributed by atoms with Crippen molar-refractivity contribution in [2.24, 2.45) is 0 Å². The zero-order valence-corrected chi connectivity index (χ0v) is 17.7. The standard InChI is InChI=1S/C17H28N4O2S.2ClH/c1-24-17-20-15(22-11-13-6-2-4-8-18-13)10-16(21-17)23-12-14-7-3-5-9-19-14;;/h10,13-14,18-19H,2-9,11-12H2,1H3;2*1H. The van der Waals surface area contributed by atoms with E-state index >= 15 is 0 Å². The highest BCUT2D eigenvalue weighted by Gasteiger charge is 2.16. The van der Waals surface area contributed by atoms with Crippen molar-refractivity contribution in [3.8, 4) is 11.8 Å². The molecule has 150 valence electrons. The Morgan fingerprint density at radius 1 is 0.923 bits per heavy atom. The predicted octanol–water partition coefficient (Wildman–Crippen LogP) is 3.08. The average Bonchev–Trinajstić information content (AvgIpc) is 2.66. The van der Waals surface area contributed by atoms with E-state index in [2.05, 4.69) is 20.6 Å². The summed E-state index contributed by atoms with van der Waals surface area (Å²) in [6, 6.07) is 2.65. The first-order valence-corrected chi connectivity index (χ1v) is 10.2. The second-order valence-electron chi connectivity index (χ2n) is 6.45. The third-order valence-electron chi connectivity index (χ3n) is 4.53. The third-order valence-corrected chi connectivity index (χ3v) is 5.08. The number of nitrogens with zero attached hydrogens (tertiary/aromatic N) is 2. The molecule has 0 spiro atoms. The lowest BCUT2D eigenvalue weighted by Gasteiger charge is -2.24. The van der Waals surface area contributed by atoms with E-state index < -0.39 is 0 Å². The van der Waals surface area contributed by atoms with Crippen LogP contribution in [0.4, 0.5) is 0 Å². The first-order chi connectivity index (χ1) is 11.8. The molecule has 0 aliphatic carbocycles. The molecule has 2 fully saturated rings. The summed E-state index contributed by atoms with van der Waals surface area (Å²) in [6.07, 6.45) is 9.34. The van der Waals surface area contributed by atoms with E-state index in [1.165, 1.54) is 37.4 Å². The second-order valence-corrected chi connectivity index (χ2v) is 7.22. The molecule has 0 aromatic carbocycles. The summed E-state index contributed by atoms with van der Waals surface area (Å²) in [6.45, 7) is 3.45. The quantitative estimate of drug-likeness (QED) is 0.514. The first-order valence-electron chi connectivity index (χ1n) is 8.99. The molecule has 3 heterocycles.